The molecule has 2 unspecified atom stereocenters. The maximum absolute atomic E-state index is 15.5. The van der Waals surface area contributed by atoms with Gasteiger partial charge in [0.1, 0.15) is 0 Å². The molecule has 0 amide bonds. The van der Waals surface area contributed by atoms with Gasteiger partial charge in [-0.3, -0.25) is 0 Å². The molecule has 278 valence electrons. The number of hydrogen-bond donors (Lipinski definition) is 12. The summed E-state index contributed by atoms with van der Waals surface area (Å²) < 4.78 is 92.7. The van der Waals surface area contributed by atoms with E-state index < -0.39 is 74.3 Å². The van der Waals surface area contributed by atoms with E-state index >= 15 is 26.3 Å². The van der Waals surface area contributed by atoms with E-state index in [4.69, 9.17) is 0 Å². The molecule has 0 radical (unpaired) electrons. The third kappa shape index (κ3) is 5.68. The first kappa shape index (κ1) is 40.4. The summed E-state index contributed by atoms with van der Waals surface area (Å²) in [7, 11) is 0. The topological polar surface area (TPSA) is 200 Å². The molecule has 0 bridgehead atoms. The van der Waals surface area contributed by atoms with Gasteiger partial charge in [-0.25, -0.2) is 0 Å². The van der Waals surface area contributed by atoms with E-state index in [1.165, 1.54) is 101 Å². The molecule has 0 saturated carbocycles. The average molecular weight is 733 g/mol. The number of alkyl halides is 6. The van der Waals surface area contributed by atoms with Crippen molar-refractivity contribution in [2.24, 2.45) is 10.8 Å². The molecule has 2 heterocycles. The van der Waals surface area contributed by atoms with E-state index in [1.807, 2.05) is 11.0 Å². The minimum atomic E-state index is -5.44. The van der Waals surface area contributed by atoms with E-state index in [1.54, 1.807) is 6.07 Å². The number of nitrogens with one attached hydrogen (secondary N) is 6. The zero-order valence-electron chi connectivity index (χ0n) is 27.8. The van der Waals surface area contributed by atoms with Crippen LogP contribution in [0.4, 0.5) is 26.3 Å². The van der Waals surface area contributed by atoms with Crippen molar-refractivity contribution >= 4 is 11.9 Å². The van der Waals surface area contributed by atoms with Crippen LogP contribution < -0.4 is 38.4 Å². The van der Waals surface area contributed by atoms with Crippen LogP contribution in [0.5, 0.6) is 0 Å². The summed E-state index contributed by atoms with van der Waals surface area (Å²) >= 11 is 0. The summed E-state index contributed by atoms with van der Waals surface area (Å²) in [5, 5.41) is 62.3. The SMILES string of the molecule is CC(C)(C)C1(NO)C(P(C)(C)(C2=CN(NO)C(NO)=C(C(F)(F)F)C2(NO)C(C)(C)C)c2ccccc2)=CN(NO)C(NO)=C1C(F)(F)F. The van der Waals surface area contributed by atoms with Crippen molar-refractivity contribution in [3.63, 3.8) is 0 Å². The molecule has 0 fully saturated rings. The average Bonchev–Trinajstić information content (AvgIpc) is 3.00. The molecule has 49 heavy (non-hydrogen) atoms. The molecule has 1 aromatic rings. The van der Waals surface area contributed by atoms with Crippen LogP contribution in [-0.4, -0.2) is 78.0 Å². The van der Waals surface area contributed by atoms with Gasteiger partial charge in [0.2, 0.25) is 0 Å². The Kier molecular flexibility index (Phi) is 10.4. The van der Waals surface area contributed by atoms with Gasteiger partial charge in [0.05, 0.1) is 0 Å². The van der Waals surface area contributed by atoms with E-state index in [2.05, 4.69) is 0 Å². The van der Waals surface area contributed by atoms with Gasteiger partial charge in [-0.2, -0.15) is 0 Å². The molecule has 0 aromatic heterocycles. The van der Waals surface area contributed by atoms with Crippen LogP contribution in [0.1, 0.15) is 41.5 Å². The van der Waals surface area contributed by atoms with Crippen molar-refractivity contribution in [1.82, 2.24) is 43.1 Å². The molecule has 2 aliphatic rings. The second-order valence-corrected chi connectivity index (χ2v) is 20.0. The number of hydrogen-bond acceptors (Lipinski definition) is 14. The Morgan fingerprint density at radius 3 is 1.14 bits per heavy atom. The van der Waals surface area contributed by atoms with Crippen LogP contribution in [-0.2, 0) is 0 Å². The van der Waals surface area contributed by atoms with Gasteiger partial charge in [-0.15, -0.1) is 0 Å². The van der Waals surface area contributed by atoms with Crippen molar-refractivity contribution in [2.45, 2.75) is 65.0 Å². The van der Waals surface area contributed by atoms with E-state index in [-0.39, 0.29) is 5.30 Å². The van der Waals surface area contributed by atoms with E-state index in [0.29, 0.717) is 10.0 Å². The van der Waals surface area contributed by atoms with Crippen LogP contribution >= 0.6 is 6.60 Å². The zero-order chi connectivity index (χ0) is 37.8. The second kappa shape index (κ2) is 12.6. The van der Waals surface area contributed by atoms with Gasteiger partial charge in [-0.1, -0.05) is 0 Å². The molecule has 2 aliphatic heterocycles. The third-order valence-corrected chi connectivity index (χ3v) is 15.2. The number of nitrogens with zero attached hydrogens (tertiary/aromatic N) is 2. The quantitative estimate of drug-likeness (QED) is 0.0977. The third-order valence-electron chi connectivity index (χ3n) is 9.53. The Morgan fingerprint density at radius 2 is 0.918 bits per heavy atom. The van der Waals surface area contributed by atoms with Crippen molar-refractivity contribution in [2.75, 3.05) is 13.3 Å². The first-order chi connectivity index (χ1) is 22.3. The summed E-state index contributed by atoms with van der Waals surface area (Å²) in [6, 6.07) is 7.34. The fourth-order valence-electron chi connectivity index (χ4n) is 7.21. The number of hydroxylamine groups is 4. The Morgan fingerprint density at radius 1 is 0.592 bits per heavy atom. The summed E-state index contributed by atoms with van der Waals surface area (Å²) in [6.07, 6.45) is -9.12. The fourth-order valence-corrected chi connectivity index (χ4v) is 13.0. The molecule has 0 saturated heterocycles. The van der Waals surface area contributed by atoms with Crippen molar-refractivity contribution in [3.05, 3.63) is 76.1 Å². The Labute approximate surface area is 278 Å². The molecule has 3 rings (SSSR count). The molecule has 12 N–H and O–H groups in total. The number of rotatable bonds is 9. The van der Waals surface area contributed by atoms with E-state index in [0.717, 1.165) is 12.4 Å². The van der Waals surface area contributed by atoms with Gasteiger partial charge in [0.15, 0.2) is 0 Å². The van der Waals surface area contributed by atoms with Crippen LogP contribution in [0.2, 0.25) is 0 Å². The molecule has 0 aliphatic carbocycles. The summed E-state index contributed by atoms with van der Waals surface area (Å²) in [6.45, 7) is 5.23. The Bertz CT molecular complexity index is 1460. The van der Waals surface area contributed by atoms with Crippen molar-refractivity contribution < 1.29 is 57.6 Å². The predicted octanol–water partition coefficient (Wildman–Crippen LogP) is 4.26. The van der Waals surface area contributed by atoms with Gasteiger partial charge in [0, 0.05) is 0 Å². The number of halogens is 6. The van der Waals surface area contributed by atoms with Crippen molar-refractivity contribution in [3.8, 4) is 0 Å². The van der Waals surface area contributed by atoms with Gasteiger partial charge in [0.25, 0.3) is 0 Å². The summed E-state index contributed by atoms with van der Waals surface area (Å²) in [4.78, 5) is 0. The van der Waals surface area contributed by atoms with Gasteiger partial charge < -0.3 is 0 Å². The second-order valence-electron chi connectivity index (χ2n) is 14.3. The minimum absolute atomic E-state index is 0.0957. The number of benzene rings is 1. The van der Waals surface area contributed by atoms with Crippen LogP contribution in [0.15, 0.2) is 76.1 Å². The molecule has 1 aromatic carbocycles. The molecule has 21 heteroatoms. The van der Waals surface area contributed by atoms with Crippen LogP contribution in [0, 0.1) is 10.8 Å². The Hall–Kier alpha value is -3.01. The molecule has 2 atom stereocenters. The summed E-state index contributed by atoms with van der Waals surface area (Å²) in [5.41, 5.74) is -3.24. The Balaban J connectivity index is 2.89. The zero-order valence-corrected chi connectivity index (χ0v) is 28.7. The fraction of sp³-hybridized carbons (Fsp3) is 0.500. The number of hydrazine groups is 2. The molecule has 0 spiro atoms. The normalized spacial score (nSPS) is 24.0. The standard InChI is InChI=1S/C28H43F6N8O6P/c1-23(2,3)25(37-45)17(14-41(39-47)21(35-43)19(25)27(29,30)31)49(7,8,16-12-10-9-11-13-16)18-15-42(40-48)22(36-44)20(28(32,33)34)26(18,38-46)24(4,5)6/h9-15,35-40,43-48H,1-8H3. The first-order valence-electron chi connectivity index (χ1n) is 14.4. The summed E-state index contributed by atoms with van der Waals surface area (Å²) in [5.74, 6) is -2.41. The first-order valence-corrected chi connectivity index (χ1v) is 17.6. The monoisotopic (exact) mass is 732 g/mol. The predicted molar refractivity (Wildman–Crippen MR) is 165 cm³/mol. The van der Waals surface area contributed by atoms with Crippen molar-refractivity contribution in [1.29, 1.82) is 0 Å². The van der Waals surface area contributed by atoms with Crippen LogP contribution in [0.3, 0.4) is 0 Å². The van der Waals surface area contributed by atoms with Crippen LogP contribution in [0.25, 0.3) is 0 Å². The molecular formula is C28H43F6N8O6P. The molecular weight excluding hydrogens is 689 g/mol. The molecule has 14 nitrogen and oxygen atoms in total. The van der Waals surface area contributed by atoms with Gasteiger partial charge in [-0.05, 0) is 0 Å². The van der Waals surface area contributed by atoms with Gasteiger partial charge >= 0.3 is 278 Å². The van der Waals surface area contributed by atoms with E-state index in [9.17, 15) is 31.2 Å². The maximum atomic E-state index is 15.5.